The van der Waals surface area contributed by atoms with Crippen molar-refractivity contribution in [3.8, 4) is 0 Å². The number of carbonyl (C=O) groups excluding carboxylic acids is 1. The Bertz CT molecular complexity index is 773. The number of amides is 1. The summed E-state index contributed by atoms with van der Waals surface area (Å²) in [5.41, 5.74) is 0.828. The van der Waals surface area contributed by atoms with Gasteiger partial charge in [0.1, 0.15) is 0 Å². The molecule has 1 N–H and O–H groups in total. The van der Waals surface area contributed by atoms with Gasteiger partial charge in [0.2, 0.25) is 0 Å². The fraction of sp³-hybridized carbons (Fsp3) is 0. The van der Waals surface area contributed by atoms with E-state index in [-0.39, 0.29) is 5.91 Å². The van der Waals surface area contributed by atoms with Gasteiger partial charge in [-0.15, -0.1) is 11.3 Å². The van der Waals surface area contributed by atoms with Crippen LogP contribution < -0.4 is 5.32 Å². The third-order valence-corrected chi connectivity index (χ3v) is 6.16. The van der Waals surface area contributed by atoms with E-state index in [0.717, 1.165) is 24.7 Å². The third-order valence-electron chi connectivity index (χ3n) is 2.91. The van der Waals surface area contributed by atoms with Crippen LogP contribution in [-0.4, -0.2) is 5.91 Å². The maximum absolute atomic E-state index is 12.3. The highest BCUT2D eigenvalue weighted by atomic mass is 79.9. The highest BCUT2D eigenvalue weighted by Crippen LogP contribution is 2.33. The summed E-state index contributed by atoms with van der Waals surface area (Å²) in [6.07, 6.45) is 0. The van der Waals surface area contributed by atoms with Gasteiger partial charge in [-0.05, 0) is 49.4 Å². The van der Waals surface area contributed by atoms with E-state index in [1.807, 2.05) is 48.5 Å². The summed E-state index contributed by atoms with van der Waals surface area (Å²) in [6.45, 7) is 0. The Labute approximate surface area is 137 Å². The van der Waals surface area contributed by atoms with Crippen molar-refractivity contribution in [2.24, 2.45) is 0 Å². The molecule has 0 saturated carbocycles. The number of carbonyl (C=O) groups is 1. The van der Waals surface area contributed by atoms with Crippen LogP contribution in [0, 0.1) is 0 Å². The molecule has 0 saturated heterocycles. The first-order valence-corrected chi connectivity index (χ1v) is 8.29. The Morgan fingerprint density at radius 2 is 1.80 bits per heavy atom. The number of benzene rings is 2. The first-order chi connectivity index (χ1) is 9.65. The number of hydrogen-bond acceptors (Lipinski definition) is 2. The van der Waals surface area contributed by atoms with Gasteiger partial charge in [-0.2, -0.15) is 0 Å². The summed E-state index contributed by atoms with van der Waals surface area (Å²) in [5, 5.41) is 5.12. The van der Waals surface area contributed by atoms with Gasteiger partial charge in [0.05, 0.1) is 8.66 Å². The molecular weight excluding hydrogens is 402 g/mol. The van der Waals surface area contributed by atoms with E-state index >= 15 is 0 Å². The zero-order valence-corrected chi connectivity index (χ0v) is 14.2. The summed E-state index contributed by atoms with van der Waals surface area (Å²) in [5.74, 6) is -0.0993. The minimum Gasteiger partial charge on any atom is -0.321 e. The lowest BCUT2D eigenvalue weighted by Crippen LogP contribution is -2.10. The number of anilines is 1. The van der Waals surface area contributed by atoms with Crippen LogP contribution >= 0.6 is 43.2 Å². The normalized spacial score (nSPS) is 10.7. The van der Waals surface area contributed by atoms with Crippen LogP contribution in [0.4, 0.5) is 5.69 Å². The van der Waals surface area contributed by atoms with Gasteiger partial charge in [0.25, 0.3) is 5.91 Å². The Hall–Kier alpha value is -1.17. The van der Waals surface area contributed by atoms with Crippen LogP contribution in [0.3, 0.4) is 0 Å². The summed E-state index contributed by atoms with van der Waals surface area (Å²) in [6, 6.07) is 15.7. The number of rotatable bonds is 2. The minimum atomic E-state index is -0.0993. The number of hydrogen-bond donors (Lipinski definition) is 1. The lowest BCUT2D eigenvalue weighted by molar-refractivity contribution is 0.103. The summed E-state index contributed by atoms with van der Waals surface area (Å²) in [4.78, 5) is 12.9. The molecule has 0 unspecified atom stereocenters. The monoisotopic (exact) mass is 409 g/mol. The standard InChI is InChI=1S/C15H9Br2NOS/c16-11-8-13(20-14(11)17)15(19)18-12-7-3-5-9-4-1-2-6-10(9)12/h1-8H,(H,18,19). The van der Waals surface area contributed by atoms with E-state index < -0.39 is 0 Å². The molecule has 3 aromatic rings. The SMILES string of the molecule is O=C(Nc1cccc2ccccc12)c1cc(Br)c(Br)s1. The van der Waals surface area contributed by atoms with E-state index in [1.54, 1.807) is 0 Å². The largest absolute Gasteiger partial charge is 0.321 e. The van der Waals surface area contributed by atoms with Gasteiger partial charge < -0.3 is 5.32 Å². The van der Waals surface area contributed by atoms with Gasteiger partial charge >= 0.3 is 0 Å². The Morgan fingerprint density at radius 3 is 2.55 bits per heavy atom. The molecule has 1 heterocycles. The molecule has 1 aromatic heterocycles. The van der Waals surface area contributed by atoms with Crippen molar-refractivity contribution < 1.29 is 4.79 Å². The second-order valence-electron chi connectivity index (χ2n) is 4.21. The predicted octanol–water partition coefficient (Wildman–Crippen LogP) is 5.68. The van der Waals surface area contributed by atoms with Gasteiger partial charge in [0, 0.05) is 15.5 Å². The van der Waals surface area contributed by atoms with E-state index in [2.05, 4.69) is 37.2 Å². The Balaban J connectivity index is 1.95. The van der Waals surface area contributed by atoms with Crippen molar-refractivity contribution in [3.05, 3.63) is 61.7 Å². The number of halogens is 2. The molecule has 2 nitrogen and oxygen atoms in total. The number of thiophene rings is 1. The molecule has 20 heavy (non-hydrogen) atoms. The first-order valence-electron chi connectivity index (χ1n) is 5.89. The molecule has 3 rings (SSSR count). The quantitative estimate of drug-likeness (QED) is 0.578. The van der Waals surface area contributed by atoms with Gasteiger partial charge in [-0.1, -0.05) is 36.4 Å². The zero-order valence-electron chi connectivity index (χ0n) is 10.2. The summed E-state index contributed by atoms with van der Waals surface area (Å²) >= 11 is 8.20. The molecule has 0 radical (unpaired) electrons. The smallest absolute Gasteiger partial charge is 0.265 e. The summed E-state index contributed by atoms with van der Waals surface area (Å²) in [7, 11) is 0. The fourth-order valence-corrected chi connectivity index (χ4v) is 3.91. The Kier molecular flexibility index (Phi) is 3.92. The van der Waals surface area contributed by atoms with Crippen molar-refractivity contribution in [1.82, 2.24) is 0 Å². The van der Waals surface area contributed by atoms with Crippen molar-refractivity contribution in [2.75, 3.05) is 5.32 Å². The highest BCUT2D eigenvalue weighted by Gasteiger charge is 2.13. The van der Waals surface area contributed by atoms with Crippen molar-refractivity contribution >= 4 is 65.6 Å². The topological polar surface area (TPSA) is 29.1 Å². The second kappa shape index (κ2) is 5.68. The van der Waals surface area contributed by atoms with Crippen molar-refractivity contribution in [3.63, 3.8) is 0 Å². The average Bonchev–Trinajstić information content (AvgIpc) is 2.79. The van der Waals surface area contributed by atoms with E-state index in [0.29, 0.717) is 4.88 Å². The molecule has 0 aliphatic carbocycles. The highest BCUT2D eigenvalue weighted by molar-refractivity contribution is 9.13. The van der Waals surface area contributed by atoms with Gasteiger partial charge in [0.15, 0.2) is 0 Å². The van der Waals surface area contributed by atoms with Crippen LogP contribution in [0.1, 0.15) is 9.67 Å². The zero-order chi connectivity index (χ0) is 14.1. The van der Waals surface area contributed by atoms with Crippen LogP contribution in [-0.2, 0) is 0 Å². The van der Waals surface area contributed by atoms with Crippen LogP contribution in [0.5, 0.6) is 0 Å². The molecular formula is C15H9Br2NOS. The fourth-order valence-electron chi connectivity index (χ4n) is 1.98. The molecule has 0 fully saturated rings. The molecule has 2 aromatic carbocycles. The molecule has 0 bridgehead atoms. The van der Waals surface area contributed by atoms with Crippen LogP contribution in [0.15, 0.2) is 56.8 Å². The van der Waals surface area contributed by atoms with Crippen molar-refractivity contribution in [2.45, 2.75) is 0 Å². The first kappa shape index (κ1) is 13.8. The van der Waals surface area contributed by atoms with Gasteiger partial charge in [-0.3, -0.25) is 4.79 Å². The molecule has 100 valence electrons. The molecule has 5 heteroatoms. The molecule has 0 aliphatic heterocycles. The Morgan fingerprint density at radius 1 is 1.05 bits per heavy atom. The second-order valence-corrected chi connectivity index (χ2v) is 7.44. The lowest BCUT2D eigenvalue weighted by atomic mass is 10.1. The maximum Gasteiger partial charge on any atom is 0.265 e. The lowest BCUT2D eigenvalue weighted by Gasteiger charge is -2.07. The number of fused-ring (bicyclic) bond motifs is 1. The van der Waals surface area contributed by atoms with Crippen LogP contribution in [0.2, 0.25) is 0 Å². The molecule has 0 aliphatic rings. The number of nitrogens with one attached hydrogen (secondary N) is 1. The minimum absolute atomic E-state index is 0.0993. The van der Waals surface area contributed by atoms with E-state index in [9.17, 15) is 4.79 Å². The maximum atomic E-state index is 12.3. The van der Waals surface area contributed by atoms with E-state index in [1.165, 1.54) is 11.3 Å². The predicted molar refractivity (Wildman–Crippen MR) is 91.6 cm³/mol. The molecule has 0 spiro atoms. The summed E-state index contributed by atoms with van der Waals surface area (Å²) < 4.78 is 1.81. The molecule has 1 amide bonds. The van der Waals surface area contributed by atoms with Crippen molar-refractivity contribution in [1.29, 1.82) is 0 Å². The van der Waals surface area contributed by atoms with Gasteiger partial charge in [-0.25, -0.2) is 0 Å². The molecule has 0 atom stereocenters. The average molecular weight is 411 g/mol. The van der Waals surface area contributed by atoms with E-state index in [4.69, 9.17) is 0 Å². The third kappa shape index (κ3) is 2.66. The van der Waals surface area contributed by atoms with Crippen LogP contribution in [0.25, 0.3) is 10.8 Å².